The number of benzene rings is 6. The summed E-state index contributed by atoms with van der Waals surface area (Å²) in [5, 5.41) is 8.48. The SMILES string of the molecule is c1ccc(-c2cccc(-c3nc4ccccc4nc3-c3ccc(-c4ccc(-c5nnc(-c6ccccc6)o5)cc4)cc3)c2)cc1. The fourth-order valence-corrected chi connectivity index (χ4v) is 5.54. The van der Waals surface area contributed by atoms with E-state index < -0.39 is 0 Å². The van der Waals surface area contributed by atoms with Crippen LogP contribution in [0.2, 0.25) is 0 Å². The van der Waals surface area contributed by atoms with Crippen LogP contribution in [0.15, 0.2) is 162 Å². The molecule has 0 saturated carbocycles. The van der Waals surface area contributed by atoms with E-state index in [4.69, 9.17) is 14.4 Å². The summed E-state index contributed by atoms with van der Waals surface area (Å²) in [6, 6.07) is 53.4. The molecule has 0 unspecified atom stereocenters. The van der Waals surface area contributed by atoms with Crippen LogP contribution in [0, 0.1) is 0 Å². The zero-order valence-corrected chi connectivity index (χ0v) is 24.2. The lowest BCUT2D eigenvalue weighted by molar-refractivity contribution is 0.584. The lowest BCUT2D eigenvalue weighted by Crippen LogP contribution is -1.96. The van der Waals surface area contributed by atoms with Crippen molar-refractivity contribution < 1.29 is 4.42 Å². The van der Waals surface area contributed by atoms with Gasteiger partial charge in [0.05, 0.1) is 22.4 Å². The van der Waals surface area contributed by atoms with Gasteiger partial charge in [0.2, 0.25) is 11.8 Å². The summed E-state index contributed by atoms with van der Waals surface area (Å²) in [5.74, 6) is 1.00. The largest absolute Gasteiger partial charge is 0.416 e. The summed E-state index contributed by atoms with van der Waals surface area (Å²) in [6.07, 6.45) is 0. The van der Waals surface area contributed by atoms with E-state index in [1.165, 1.54) is 5.56 Å². The maximum absolute atomic E-state index is 5.94. The number of hydrogen-bond donors (Lipinski definition) is 0. The predicted octanol–water partition coefficient (Wildman–Crippen LogP) is 10.0. The highest BCUT2D eigenvalue weighted by molar-refractivity contribution is 5.88. The van der Waals surface area contributed by atoms with E-state index in [2.05, 4.69) is 95.1 Å². The summed E-state index contributed by atoms with van der Waals surface area (Å²) in [6.45, 7) is 0. The molecule has 0 fully saturated rings. The molecule has 8 aromatic rings. The van der Waals surface area contributed by atoms with Crippen LogP contribution in [0.4, 0.5) is 0 Å². The molecule has 212 valence electrons. The van der Waals surface area contributed by atoms with E-state index in [9.17, 15) is 0 Å². The van der Waals surface area contributed by atoms with Crippen molar-refractivity contribution >= 4 is 11.0 Å². The Labute approximate surface area is 260 Å². The molecule has 0 N–H and O–H groups in total. The van der Waals surface area contributed by atoms with Crippen LogP contribution in [0.25, 0.3) is 78.7 Å². The first-order chi connectivity index (χ1) is 22.3. The molecule has 5 heteroatoms. The smallest absolute Gasteiger partial charge is 0.248 e. The Balaban J connectivity index is 1.12. The molecule has 0 radical (unpaired) electrons. The minimum absolute atomic E-state index is 0.495. The van der Waals surface area contributed by atoms with Crippen molar-refractivity contribution in [1.29, 1.82) is 0 Å². The van der Waals surface area contributed by atoms with Crippen molar-refractivity contribution in [1.82, 2.24) is 20.2 Å². The number of rotatable bonds is 6. The van der Waals surface area contributed by atoms with Crippen molar-refractivity contribution in [2.75, 3.05) is 0 Å². The molecule has 8 rings (SSSR count). The Morgan fingerprint density at radius 2 is 0.711 bits per heavy atom. The Morgan fingerprint density at radius 1 is 0.311 bits per heavy atom. The van der Waals surface area contributed by atoms with Crippen LogP contribution in [0.3, 0.4) is 0 Å². The van der Waals surface area contributed by atoms with E-state index >= 15 is 0 Å². The Kier molecular flexibility index (Phi) is 6.74. The third-order valence-electron chi connectivity index (χ3n) is 7.88. The molecule has 0 amide bonds. The van der Waals surface area contributed by atoms with Crippen molar-refractivity contribution in [2.45, 2.75) is 0 Å². The number of aromatic nitrogens is 4. The zero-order chi connectivity index (χ0) is 30.0. The number of para-hydroxylation sites is 2. The average molecular weight is 579 g/mol. The number of nitrogens with zero attached hydrogens (tertiary/aromatic N) is 4. The van der Waals surface area contributed by atoms with Crippen molar-refractivity contribution in [3.63, 3.8) is 0 Å². The molecule has 2 heterocycles. The Morgan fingerprint density at radius 3 is 1.31 bits per heavy atom. The Hall–Kier alpha value is -6.20. The van der Waals surface area contributed by atoms with E-state index in [0.29, 0.717) is 11.8 Å². The van der Waals surface area contributed by atoms with Gasteiger partial charge in [-0.05, 0) is 64.7 Å². The second-order valence-corrected chi connectivity index (χ2v) is 10.8. The van der Waals surface area contributed by atoms with Crippen LogP contribution in [-0.2, 0) is 0 Å². The Bertz CT molecular complexity index is 2240. The molecule has 6 aromatic carbocycles. The van der Waals surface area contributed by atoms with Crippen molar-refractivity contribution in [3.8, 4) is 67.7 Å². The number of fused-ring (bicyclic) bond motifs is 1. The van der Waals surface area contributed by atoms with Gasteiger partial charge in [-0.15, -0.1) is 10.2 Å². The highest BCUT2D eigenvalue weighted by atomic mass is 16.4. The fourth-order valence-electron chi connectivity index (χ4n) is 5.54. The maximum atomic E-state index is 5.94. The molecule has 0 aliphatic heterocycles. The average Bonchev–Trinajstić information content (AvgIpc) is 3.63. The molecule has 0 aliphatic carbocycles. The molecule has 0 spiro atoms. The topological polar surface area (TPSA) is 64.7 Å². The van der Waals surface area contributed by atoms with E-state index in [1.54, 1.807) is 0 Å². The van der Waals surface area contributed by atoms with Gasteiger partial charge in [0.15, 0.2) is 0 Å². The van der Waals surface area contributed by atoms with Crippen LogP contribution in [0.5, 0.6) is 0 Å². The molecule has 2 aromatic heterocycles. The van der Waals surface area contributed by atoms with Crippen LogP contribution in [0.1, 0.15) is 0 Å². The highest BCUT2D eigenvalue weighted by Crippen LogP contribution is 2.35. The van der Waals surface area contributed by atoms with Crippen LogP contribution < -0.4 is 0 Å². The van der Waals surface area contributed by atoms with Gasteiger partial charge in [-0.1, -0.05) is 115 Å². The predicted molar refractivity (Wildman–Crippen MR) is 180 cm³/mol. The molecule has 0 aliphatic rings. The molecule has 0 atom stereocenters. The van der Waals surface area contributed by atoms with Crippen molar-refractivity contribution in [2.24, 2.45) is 0 Å². The first-order valence-electron chi connectivity index (χ1n) is 14.8. The second-order valence-electron chi connectivity index (χ2n) is 10.8. The molecule has 0 saturated heterocycles. The summed E-state index contributed by atoms with van der Waals surface area (Å²) in [4.78, 5) is 10.2. The normalized spacial score (nSPS) is 11.1. The highest BCUT2D eigenvalue weighted by Gasteiger charge is 2.15. The third kappa shape index (κ3) is 5.28. The lowest BCUT2D eigenvalue weighted by atomic mass is 9.97. The van der Waals surface area contributed by atoms with Gasteiger partial charge < -0.3 is 4.42 Å². The van der Waals surface area contributed by atoms with Crippen LogP contribution >= 0.6 is 0 Å². The van der Waals surface area contributed by atoms with Crippen molar-refractivity contribution in [3.05, 3.63) is 158 Å². The van der Waals surface area contributed by atoms with Gasteiger partial charge in [0, 0.05) is 22.3 Å². The quantitative estimate of drug-likeness (QED) is 0.196. The summed E-state index contributed by atoms with van der Waals surface area (Å²) in [7, 11) is 0. The standard InChI is InChI=1S/C40H26N4O/c1-3-10-27(11-4-1)33-14-9-15-34(26-33)38-37(41-35-16-7-8-17-36(35)42-38)30-22-18-28(19-23-30)29-20-24-32(25-21-29)40-44-43-39(45-40)31-12-5-2-6-13-31/h1-26H. The molecule has 5 nitrogen and oxygen atoms in total. The van der Waals surface area contributed by atoms with Gasteiger partial charge in [-0.2, -0.15) is 0 Å². The summed E-state index contributed by atoms with van der Waals surface area (Å²) >= 11 is 0. The van der Waals surface area contributed by atoms with E-state index in [0.717, 1.165) is 61.4 Å². The monoisotopic (exact) mass is 578 g/mol. The van der Waals surface area contributed by atoms with Gasteiger partial charge in [0.25, 0.3) is 0 Å². The minimum Gasteiger partial charge on any atom is -0.416 e. The third-order valence-corrected chi connectivity index (χ3v) is 7.88. The summed E-state index contributed by atoms with van der Waals surface area (Å²) in [5.41, 5.74) is 11.8. The molecule has 45 heavy (non-hydrogen) atoms. The lowest BCUT2D eigenvalue weighted by Gasteiger charge is -2.12. The minimum atomic E-state index is 0.495. The van der Waals surface area contributed by atoms with E-state index in [1.807, 2.05) is 72.8 Å². The first kappa shape index (κ1) is 26.4. The molecular formula is C40H26N4O. The van der Waals surface area contributed by atoms with Gasteiger partial charge in [0.1, 0.15) is 0 Å². The molecule has 0 bridgehead atoms. The van der Waals surface area contributed by atoms with E-state index in [-0.39, 0.29) is 0 Å². The first-order valence-corrected chi connectivity index (χ1v) is 14.8. The molecular weight excluding hydrogens is 552 g/mol. The van der Waals surface area contributed by atoms with Gasteiger partial charge in [-0.3, -0.25) is 0 Å². The number of hydrogen-bond acceptors (Lipinski definition) is 5. The zero-order valence-electron chi connectivity index (χ0n) is 24.2. The summed E-state index contributed by atoms with van der Waals surface area (Å²) < 4.78 is 5.94. The second kappa shape index (κ2) is 11.5. The van der Waals surface area contributed by atoms with Crippen LogP contribution in [-0.4, -0.2) is 20.2 Å². The van der Waals surface area contributed by atoms with Gasteiger partial charge >= 0.3 is 0 Å². The van der Waals surface area contributed by atoms with Gasteiger partial charge in [-0.25, -0.2) is 9.97 Å². The maximum Gasteiger partial charge on any atom is 0.248 e. The fraction of sp³-hybridized carbons (Fsp3) is 0.